The van der Waals surface area contributed by atoms with E-state index in [4.69, 9.17) is 19.9 Å². The van der Waals surface area contributed by atoms with Crippen LogP contribution in [0.4, 0.5) is 27.6 Å². The number of nitrogens with zero attached hydrogens (tertiary/aromatic N) is 2. The Labute approximate surface area is 214 Å². The Hall–Kier alpha value is -3.32. The molecule has 2 fully saturated rings. The second kappa shape index (κ2) is 10.1. The van der Waals surface area contributed by atoms with E-state index in [1.54, 1.807) is 0 Å². The first-order valence-electron chi connectivity index (χ1n) is 11.7. The Morgan fingerprint density at radius 1 is 1.24 bits per heavy atom. The number of alkyl halides is 3. The standard InChI is InChI=1S/C25H26F5N3O5/c1-12-18(15-4-5-16(26)19(27)20(15)36-3)21(38-24(12,2)25(28,29)30)23(35)33(9-13-10-37-11-13)14-6-7-32-17(8-14)22(31)34/h4-8,12-13,18,21H,9-11H2,1-3H3,(H2,31,34)/t12-,18-,21+,24+/m0/s1. The van der Waals surface area contributed by atoms with Gasteiger partial charge in [0, 0.05) is 41.7 Å². The quantitative estimate of drug-likeness (QED) is 0.536. The van der Waals surface area contributed by atoms with Crippen LogP contribution in [0.3, 0.4) is 0 Å². The number of nitrogens with two attached hydrogens (primary N) is 1. The smallest absolute Gasteiger partial charge is 0.417 e. The first-order chi connectivity index (χ1) is 17.8. The third-order valence-corrected chi connectivity index (χ3v) is 7.28. The zero-order valence-electron chi connectivity index (χ0n) is 20.7. The first kappa shape index (κ1) is 27.7. The van der Waals surface area contributed by atoms with Gasteiger partial charge in [-0.2, -0.15) is 17.6 Å². The minimum Gasteiger partial charge on any atom is -0.493 e. The lowest BCUT2D eigenvalue weighted by molar-refractivity contribution is -0.272. The van der Waals surface area contributed by atoms with E-state index in [2.05, 4.69) is 4.98 Å². The lowest BCUT2D eigenvalue weighted by Gasteiger charge is -2.35. The molecule has 1 aromatic heterocycles. The van der Waals surface area contributed by atoms with Crippen molar-refractivity contribution in [1.82, 2.24) is 4.98 Å². The van der Waals surface area contributed by atoms with E-state index in [-0.39, 0.29) is 29.4 Å². The van der Waals surface area contributed by atoms with Gasteiger partial charge in [-0.25, -0.2) is 4.39 Å². The van der Waals surface area contributed by atoms with E-state index >= 15 is 0 Å². The predicted octanol–water partition coefficient (Wildman–Crippen LogP) is 3.59. The van der Waals surface area contributed by atoms with E-state index in [0.29, 0.717) is 13.2 Å². The number of methoxy groups -OCH3 is 1. The average Bonchev–Trinajstić information content (AvgIpc) is 3.11. The summed E-state index contributed by atoms with van der Waals surface area (Å²) < 4.78 is 87.2. The van der Waals surface area contributed by atoms with Gasteiger partial charge in [0.2, 0.25) is 5.82 Å². The van der Waals surface area contributed by atoms with Crippen molar-refractivity contribution in [2.75, 3.05) is 31.8 Å². The van der Waals surface area contributed by atoms with Gasteiger partial charge in [-0.3, -0.25) is 14.6 Å². The summed E-state index contributed by atoms with van der Waals surface area (Å²) >= 11 is 0. The molecule has 0 bridgehead atoms. The molecule has 2 aliphatic heterocycles. The van der Waals surface area contributed by atoms with E-state index in [0.717, 1.165) is 26.2 Å². The van der Waals surface area contributed by atoms with Crippen LogP contribution in [0.5, 0.6) is 5.75 Å². The molecule has 38 heavy (non-hydrogen) atoms. The van der Waals surface area contributed by atoms with Gasteiger partial charge in [-0.1, -0.05) is 13.0 Å². The Morgan fingerprint density at radius 2 is 1.92 bits per heavy atom. The summed E-state index contributed by atoms with van der Waals surface area (Å²) in [7, 11) is 1.05. The number of aromatic nitrogens is 1. The van der Waals surface area contributed by atoms with Gasteiger partial charge in [0.15, 0.2) is 17.2 Å². The van der Waals surface area contributed by atoms with Gasteiger partial charge in [-0.05, 0) is 25.1 Å². The largest absolute Gasteiger partial charge is 0.493 e. The molecule has 2 amide bonds. The Morgan fingerprint density at radius 3 is 2.47 bits per heavy atom. The van der Waals surface area contributed by atoms with Crippen LogP contribution >= 0.6 is 0 Å². The number of benzene rings is 1. The number of carbonyl (C=O) groups excluding carboxylic acids is 2. The van der Waals surface area contributed by atoms with Crippen molar-refractivity contribution in [3.05, 3.63) is 53.4 Å². The highest BCUT2D eigenvalue weighted by atomic mass is 19.4. The van der Waals surface area contributed by atoms with Crippen molar-refractivity contribution in [3.63, 3.8) is 0 Å². The highest BCUT2D eigenvalue weighted by Gasteiger charge is 2.66. The molecule has 8 nitrogen and oxygen atoms in total. The van der Waals surface area contributed by atoms with Crippen LogP contribution in [0.2, 0.25) is 0 Å². The molecule has 0 saturated carbocycles. The van der Waals surface area contributed by atoms with Gasteiger partial charge >= 0.3 is 6.18 Å². The fourth-order valence-electron chi connectivity index (χ4n) is 4.87. The average molecular weight is 543 g/mol. The second-order valence-corrected chi connectivity index (χ2v) is 9.56. The lowest BCUT2D eigenvalue weighted by atomic mass is 9.76. The number of primary amides is 1. The molecule has 2 aromatic rings. The molecule has 13 heteroatoms. The third kappa shape index (κ3) is 4.68. The number of carbonyl (C=O) groups is 2. The zero-order valence-corrected chi connectivity index (χ0v) is 20.7. The highest BCUT2D eigenvalue weighted by Crippen LogP contribution is 2.55. The number of hydrogen-bond acceptors (Lipinski definition) is 6. The second-order valence-electron chi connectivity index (χ2n) is 9.56. The molecular weight excluding hydrogens is 517 g/mol. The summed E-state index contributed by atoms with van der Waals surface area (Å²) in [6.07, 6.45) is -5.45. The molecule has 206 valence electrons. The van der Waals surface area contributed by atoms with Crippen molar-refractivity contribution >= 4 is 17.5 Å². The van der Waals surface area contributed by atoms with Crippen molar-refractivity contribution in [2.24, 2.45) is 17.6 Å². The molecule has 4 atom stereocenters. The summed E-state index contributed by atoms with van der Waals surface area (Å²) in [5.74, 6) is -7.96. The van der Waals surface area contributed by atoms with Crippen LogP contribution < -0.4 is 15.4 Å². The lowest BCUT2D eigenvalue weighted by Crippen LogP contribution is -2.49. The highest BCUT2D eigenvalue weighted by molar-refractivity contribution is 5.99. The number of rotatable bonds is 7. The monoisotopic (exact) mass is 543 g/mol. The number of amides is 2. The van der Waals surface area contributed by atoms with Crippen molar-refractivity contribution in [3.8, 4) is 5.75 Å². The molecule has 0 unspecified atom stereocenters. The molecule has 2 saturated heterocycles. The van der Waals surface area contributed by atoms with Gasteiger partial charge in [0.25, 0.3) is 11.8 Å². The normalized spacial score (nSPS) is 25.6. The Balaban J connectivity index is 1.84. The van der Waals surface area contributed by atoms with E-state index in [1.807, 2.05) is 0 Å². The fraction of sp³-hybridized carbons (Fsp3) is 0.480. The predicted molar refractivity (Wildman–Crippen MR) is 124 cm³/mol. The van der Waals surface area contributed by atoms with E-state index < -0.39 is 58.9 Å². The van der Waals surface area contributed by atoms with Crippen molar-refractivity contribution < 1.29 is 45.8 Å². The summed E-state index contributed by atoms with van der Waals surface area (Å²) in [4.78, 5) is 30.8. The Kier molecular flexibility index (Phi) is 7.36. The topological polar surface area (TPSA) is 104 Å². The summed E-state index contributed by atoms with van der Waals surface area (Å²) in [6, 6.07) is 4.49. The molecule has 1 aromatic carbocycles. The van der Waals surface area contributed by atoms with Crippen LogP contribution in [0, 0.1) is 23.5 Å². The Bertz CT molecular complexity index is 1240. The number of ether oxygens (including phenoxy) is 3. The van der Waals surface area contributed by atoms with Crippen LogP contribution in [0.1, 0.15) is 35.8 Å². The van der Waals surface area contributed by atoms with E-state index in [1.165, 1.54) is 30.2 Å². The first-order valence-corrected chi connectivity index (χ1v) is 11.7. The summed E-state index contributed by atoms with van der Waals surface area (Å²) in [6.45, 7) is 2.68. The SMILES string of the molecule is COc1c([C@H]2[C@H](C(=O)N(CC3COC3)c3ccnc(C(N)=O)c3)O[C@@](C)(C(F)(F)F)[C@H]2C)ccc(F)c1F. The number of halogens is 5. The van der Waals surface area contributed by atoms with Crippen LogP contribution in [-0.4, -0.2) is 61.5 Å². The van der Waals surface area contributed by atoms with Gasteiger partial charge in [0.1, 0.15) is 11.8 Å². The van der Waals surface area contributed by atoms with Crippen molar-refractivity contribution in [2.45, 2.75) is 37.6 Å². The summed E-state index contributed by atoms with van der Waals surface area (Å²) in [5.41, 5.74) is 2.35. The maximum atomic E-state index is 14.6. The molecule has 2 N–H and O–H groups in total. The van der Waals surface area contributed by atoms with Crippen LogP contribution in [0.25, 0.3) is 0 Å². The third-order valence-electron chi connectivity index (χ3n) is 7.28. The fourth-order valence-corrected chi connectivity index (χ4v) is 4.87. The minimum atomic E-state index is -4.91. The molecular formula is C25H26F5N3O5. The van der Waals surface area contributed by atoms with Gasteiger partial charge in [-0.15, -0.1) is 0 Å². The molecule has 3 heterocycles. The van der Waals surface area contributed by atoms with Crippen molar-refractivity contribution in [1.29, 1.82) is 0 Å². The van der Waals surface area contributed by atoms with Crippen LogP contribution in [0.15, 0.2) is 30.5 Å². The molecule has 2 aliphatic rings. The minimum absolute atomic E-state index is 0.0274. The maximum Gasteiger partial charge on any atom is 0.417 e. The molecule has 4 rings (SSSR count). The maximum absolute atomic E-state index is 14.6. The number of anilines is 1. The van der Waals surface area contributed by atoms with Gasteiger partial charge < -0.3 is 24.8 Å². The van der Waals surface area contributed by atoms with Crippen LogP contribution in [-0.2, 0) is 14.3 Å². The number of pyridine rings is 1. The molecule has 0 spiro atoms. The number of hydrogen-bond donors (Lipinski definition) is 1. The zero-order chi connectivity index (χ0) is 28.0. The molecule has 0 radical (unpaired) electrons. The summed E-state index contributed by atoms with van der Waals surface area (Å²) in [5, 5.41) is 0. The molecule has 0 aliphatic carbocycles. The van der Waals surface area contributed by atoms with Gasteiger partial charge in [0.05, 0.1) is 20.3 Å². The van der Waals surface area contributed by atoms with E-state index in [9.17, 15) is 31.5 Å².